The highest BCUT2D eigenvalue weighted by atomic mass is 16.4. The van der Waals surface area contributed by atoms with Crippen LogP contribution in [-0.4, -0.2) is 46.4 Å². The molecule has 0 atom stereocenters. The number of likely N-dealkylation sites (tertiary alicyclic amines) is 2. The van der Waals surface area contributed by atoms with E-state index >= 15 is 0 Å². The molecule has 0 bridgehead atoms. The van der Waals surface area contributed by atoms with Crippen molar-refractivity contribution in [3.8, 4) is 0 Å². The van der Waals surface area contributed by atoms with E-state index in [1.165, 1.54) is 0 Å². The average Bonchev–Trinajstić information content (AvgIpc) is 3.00. The first-order chi connectivity index (χ1) is 9.22. The van der Waals surface area contributed by atoms with Crippen molar-refractivity contribution in [3.63, 3.8) is 0 Å². The molecular formula is C14H21N3O2. The van der Waals surface area contributed by atoms with Crippen LogP contribution in [0.4, 0.5) is 0 Å². The second-order valence-corrected chi connectivity index (χ2v) is 5.56. The molecule has 104 valence electrons. The minimum absolute atomic E-state index is 0.349. The van der Waals surface area contributed by atoms with Crippen molar-refractivity contribution in [2.75, 3.05) is 19.6 Å². The average molecular weight is 263 g/mol. The van der Waals surface area contributed by atoms with Crippen LogP contribution in [0.3, 0.4) is 0 Å². The molecule has 2 aliphatic heterocycles. The Morgan fingerprint density at radius 2 is 2.16 bits per heavy atom. The van der Waals surface area contributed by atoms with Gasteiger partial charge in [0.15, 0.2) is 0 Å². The number of amides is 1. The number of oxazole rings is 1. The first-order valence-corrected chi connectivity index (χ1v) is 7.15. The lowest BCUT2D eigenvalue weighted by molar-refractivity contribution is -0.130. The lowest BCUT2D eigenvalue weighted by atomic mass is 10.0. The number of piperidine rings is 1. The third-order valence-corrected chi connectivity index (χ3v) is 4.14. The van der Waals surface area contributed by atoms with Gasteiger partial charge in [0, 0.05) is 32.1 Å². The molecule has 19 heavy (non-hydrogen) atoms. The number of hydrogen-bond donors (Lipinski definition) is 0. The van der Waals surface area contributed by atoms with Gasteiger partial charge < -0.3 is 9.32 Å². The highest BCUT2D eigenvalue weighted by molar-refractivity contribution is 5.78. The van der Waals surface area contributed by atoms with Crippen LogP contribution in [0.5, 0.6) is 0 Å². The number of rotatable bonds is 3. The normalized spacial score (nSPS) is 22.4. The summed E-state index contributed by atoms with van der Waals surface area (Å²) in [5, 5.41) is 0. The molecule has 5 nitrogen and oxygen atoms in total. The minimum atomic E-state index is 0.349. The highest BCUT2D eigenvalue weighted by Crippen LogP contribution is 2.22. The topological polar surface area (TPSA) is 49.6 Å². The monoisotopic (exact) mass is 263 g/mol. The third-order valence-electron chi connectivity index (χ3n) is 4.14. The molecule has 0 saturated carbocycles. The van der Waals surface area contributed by atoms with E-state index < -0.39 is 0 Å². The Labute approximate surface area is 113 Å². The molecule has 3 rings (SSSR count). The number of aromatic nitrogens is 1. The summed E-state index contributed by atoms with van der Waals surface area (Å²) in [5.74, 6) is 2.02. The molecule has 1 aromatic heterocycles. The summed E-state index contributed by atoms with van der Waals surface area (Å²) < 4.78 is 5.51. The molecule has 0 spiro atoms. The lowest BCUT2D eigenvalue weighted by Crippen LogP contribution is -2.45. The van der Waals surface area contributed by atoms with Crippen LogP contribution >= 0.6 is 0 Å². The molecule has 2 aliphatic rings. The Kier molecular flexibility index (Phi) is 3.55. The molecule has 0 radical (unpaired) electrons. The van der Waals surface area contributed by atoms with Gasteiger partial charge >= 0.3 is 0 Å². The van der Waals surface area contributed by atoms with Crippen molar-refractivity contribution in [1.82, 2.24) is 14.8 Å². The molecule has 0 aliphatic carbocycles. The van der Waals surface area contributed by atoms with Gasteiger partial charge in [0.05, 0.1) is 12.7 Å². The molecule has 2 fully saturated rings. The lowest BCUT2D eigenvalue weighted by Gasteiger charge is -2.36. The first-order valence-electron chi connectivity index (χ1n) is 7.15. The second kappa shape index (κ2) is 5.33. The van der Waals surface area contributed by atoms with E-state index in [0.29, 0.717) is 11.9 Å². The quantitative estimate of drug-likeness (QED) is 0.830. The van der Waals surface area contributed by atoms with Crippen molar-refractivity contribution in [3.05, 3.63) is 17.8 Å². The van der Waals surface area contributed by atoms with E-state index in [2.05, 4.69) is 14.8 Å². The van der Waals surface area contributed by atoms with Gasteiger partial charge in [-0.1, -0.05) is 0 Å². The molecule has 0 unspecified atom stereocenters. The van der Waals surface area contributed by atoms with E-state index in [0.717, 1.165) is 63.5 Å². The predicted octanol–water partition coefficient (Wildman–Crippen LogP) is 1.57. The van der Waals surface area contributed by atoms with Crippen LogP contribution in [0.25, 0.3) is 0 Å². The van der Waals surface area contributed by atoms with Gasteiger partial charge in [-0.15, -0.1) is 0 Å². The smallest absolute Gasteiger partial charge is 0.222 e. The summed E-state index contributed by atoms with van der Waals surface area (Å²) in [6.45, 7) is 5.71. The van der Waals surface area contributed by atoms with Crippen LogP contribution in [-0.2, 0) is 11.3 Å². The van der Waals surface area contributed by atoms with E-state index in [1.807, 2.05) is 6.92 Å². The largest absolute Gasteiger partial charge is 0.445 e. The predicted molar refractivity (Wildman–Crippen MR) is 70.5 cm³/mol. The summed E-state index contributed by atoms with van der Waals surface area (Å²) in [6.07, 6.45) is 5.70. The minimum Gasteiger partial charge on any atom is -0.445 e. The van der Waals surface area contributed by atoms with E-state index in [4.69, 9.17) is 4.42 Å². The number of hydrogen-bond acceptors (Lipinski definition) is 4. The highest BCUT2D eigenvalue weighted by Gasteiger charge is 2.30. The first kappa shape index (κ1) is 12.7. The van der Waals surface area contributed by atoms with Gasteiger partial charge in [0.25, 0.3) is 0 Å². The van der Waals surface area contributed by atoms with Gasteiger partial charge in [0.1, 0.15) is 5.76 Å². The summed E-state index contributed by atoms with van der Waals surface area (Å²) in [4.78, 5) is 20.4. The molecule has 5 heteroatoms. The van der Waals surface area contributed by atoms with Gasteiger partial charge in [-0.3, -0.25) is 9.69 Å². The molecule has 1 aromatic rings. The zero-order valence-electron chi connectivity index (χ0n) is 11.5. The van der Waals surface area contributed by atoms with Gasteiger partial charge in [0.2, 0.25) is 11.8 Å². The van der Waals surface area contributed by atoms with Crippen LogP contribution < -0.4 is 0 Å². The zero-order chi connectivity index (χ0) is 13.2. The molecule has 1 amide bonds. The number of carbonyl (C=O) groups is 1. The Hall–Kier alpha value is -1.36. The van der Waals surface area contributed by atoms with Gasteiger partial charge in [-0.2, -0.15) is 0 Å². The fraction of sp³-hybridized carbons (Fsp3) is 0.714. The maximum absolute atomic E-state index is 11.7. The second-order valence-electron chi connectivity index (χ2n) is 5.56. The van der Waals surface area contributed by atoms with Crippen molar-refractivity contribution in [2.45, 2.75) is 45.2 Å². The van der Waals surface area contributed by atoms with Gasteiger partial charge in [-0.25, -0.2) is 4.98 Å². The molecular weight excluding hydrogens is 242 g/mol. The molecule has 3 heterocycles. The van der Waals surface area contributed by atoms with Crippen molar-refractivity contribution in [2.24, 2.45) is 0 Å². The number of carbonyl (C=O) groups excluding carboxylic acids is 1. The third kappa shape index (κ3) is 2.81. The Morgan fingerprint density at radius 1 is 1.37 bits per heavy atom. The SMILES string of the molecule is Cc1cnc(CN2CCC(N3CCCC3=O)CC2)o1. The summed E-state index contributed by atoms with van der Waals surface area (Å²) in [5.41, 5.74) is 0. The molecule has 0 aromatic carbocycles. The Bertz CT molecular complexity index is 449. The fourth-order valence-corrected chi connectivity index (χ4v) is 3.11. The van der Waals surface area contributed by atoms with E-state index in [9.17, 15) is 4.79 Å². The Morgan fingerprint density at radius 3 is 2.74 bits per heavy atom. The summed E-state index contributed by atoms with van der Waals surface area (Å²) >= 11 is 0. The van der Waals surface area contributed by atoms with Crippen molar-refractivity contribution in [1.29, 1.82) is 0 Å². The fourth-order valence-electron chi connectivity index (χ4n) is 3.11. The summed E-state index contributed by atoms with van der Waals surface area (Å²) in [7, 11) is 0. The van der Waals surface area contributed by atoms with Crippen molar-refractivity contribution < 1.29 is 9.21 Å². The molecule has 2 saturated heterocycles. The van der Waals surface area contributed by atoms with Crippen molar-refractivity contribution >= 4 is 5.91 Å². The van der Waals surface area contributed by atoms with E-state index in [1.54, 1.807) is 6.20 Å². The van der Waals surface area contributed by atoms with E-state index in [-0.39, 0.29) is 0 Å². The number of nitrogens with zero attached hydrogens (tertiary/aromatic N) is 3. The number of aryl methyl sites for hydroxylation is 1. The van der Waals surface area contributed by atoms with Crippen LogP contribution in [0.1, 0.15) is 37.3 Å². The summed E-state index contributed by atoms with van der Waals surface area (Å²) in [6, 6.07) is 0.456. The molecule has 0 N–H and O–H groups in total. The Balaban J connectivity index is 1.50. The maximum Gasteiger partial charge on any atom is 0.222 e. The van der Waals surface area contributed by atoms with Gasteiger partial charge in [-0.05, 0) is 26.2 Å². The van der Waals surface area contributed by atoms with Crippen LogP contribution in [0, 0.1) is 6.92 Å². The van der Waals surface area contributed by atoms with Crippen LogP contribution in [0.15, 0.2) is 10.6 Å². The maximum atomic E-state index is 11.7. The van der Waals surface area contributed by atoms with Crippen LogP contribution in [0.2, 0.25) is 0 Å². The standard InChI is InChI=1S/C14H21N3O2/c1-11-9-15-13(19-11)10-16-7-4-12(5-8-16)17-6-2-3-14(17)18/h9,12H,2-8,10H2,1H3. The zero-order valence-corrected chi connectivity index (χ0v) is 11.5.